The molecule has 0 spiro atoms. The van der Waals surface area contributed by atoms with E-state index in [0.29, 0.717) is 11.1 Å². The first-order valence-electron chi connectivity index (χ1n) is 5.81. The lowest BCUT2D eigenvalue weighted by atomic mass is 10.2. The van der Waals surface area contributed by atoms with Crippen LogP contribution in [0.25, 0.3) is 0 Å². The summed E-state index contributed by atoms with van der Waals surface area (Å²) < 4.78 is 0. The van der Waals surface area contributed by atoms with Crippen molar-refractivity contribution in [3.8, 4) is 0 Å². The van der Waals surface area contributed by atoms with Crippen molar-refractivity contribution in [3.63, 3.8) is 0 Å². The Bertz CT molecular complexity index is 353. The zero-order valence-electron chi connectivity index (χ0n) is 10.6. The topological polar surface area (TPSA) is 15.3 Å². The van der Waals surface area contributed by atoms with Crippen LogP contribution in [-0.2, 0) is 6.54 Å². The summed E-state index contributed by atoms with van der Waals surface area (Å²) in [6, 6.07) is 6.10. The minimum atomic E-state index is 0.476. The molecule has 0 heterocycles. The highest BCUT2D eigenvalue weighted by Crippen LogP contribution is 2.20. The second-order valence-electron chi connectivity index (χ2n) is 4.61. The third-order valence-corrected chi connectivity index (χ3v) is 3.25. The van der Waals surface area contributed by atoms with Crippen LogP contribution in [0.5, 0.6) is 0 Å². The van der Waals surface area contributed by atoms with Gasteiger partial charge in [0.2, 0.25) is 0 Å². The lowest BCUT2D eigenvalue weighted by molar-refractivity contribution is 0.365. The van der Waals surface area contributed by atoms with Crippen molar-refractivity contribution < 1.29 is 0 Å². The highest BCUT2D eigenvalue weighted by Gasteiger charge is 2.05. The molecule has 1 N–H and O–H groups in total. The van der Waals surface area contributed by atoms with Crippen LogP contribution in [0.2, 0.25) is 10.0 Å². The number of nitrogens with one attached hydrogen (secondary N) is 1. The lowest BCUT2D eigenvalue weighted by Crippen LogP contribution is -2.29. The van der Waals surface area contributed by atoms with Gasteiger partial charge in [-0.15, -0.1) is 0 Å². The highest BCUT2D eigenvalue weighted by molar-refractivity contribution is 6.35. The normalized spacial score (nSPS) is 13.1. The van der Waals surface area contributed by atoms with Crippen LogP contribution in [-0.4, -0.2) is 31.6 Å². The first kappa shape index (κ1) is 14.8. The molecule has 0 radical (unpaired) electrons. The molecule has 96 valence electrons. The first-order chi connectivity index (χ1) is 7.99. The Morgan fingerprint density at radius 2 is 2.00 bits per heavy atom. The Kier molecular flexibility index (Phi) is 6.28. The van der Waals surface area contributed by atoms with Crippen LogP contribution in [0.15, 0.2) is 18.2 Å². The molecule has 1 rings (SSSR count). The van der Waals surface area contributed by atoms with E-state index in [9.17, 15) is 0 Å². The molecule has 0 aliphatic carbocycles. The van der Waals surface area contributed by atoms with E-state index in [-0.39, 0.29) is 0 Å². The smallest absolute Gasteiger partial charge is 0.0465 e. The van der Waals surface area contributed by atoms with E-state index in [2.05, 4.69) is 31.2 Å². The molecule has 1 aromatic rings. The molecule has 2 nitrogen and oxygen atoms in total. The number of nitrogens with zero attached hydrogens (tertiary/aromatic N) is 1. The van der Waals surface area contributed by atoms with Crippen LogP contribution in [0, 0.1) is 0 Å². The summed E-state index contributed by atoms with van der Waals surface area (Å²) in [4.78, 5) is 2.19. The van der Waals surface area contributed by atoms with Gasteiger partial charge in [-0.3, -0.25) is 0 Å². The van der Waals surface area contributed by atoms with Crippen LogP contribution in [0.4, 0.5) is 0 Å². The average Bonchev–Trinajstić information content (AvgIpc) is 2.25. The summed E-state index contributed by atoms with van der Waals surface area (Å²) in [5, 5.41) is 4.87. The fourth-order valence-electron chi connectivity index (χ4n) is 1.50. The van der Waals surface area contributed by atoms with Gasteiger partial charge in [0.15, 0.2) is 0 Å². The Hall–Kier alpha value is -0.280. The van der Waals surface area contributed by atoms with E-state index < -0.39 is 0 Å². The zero-order chi connectivity index (χ0) is 12.8. The van der Waals surface area contributed by atoms with Gasteiger partial charge in [-0.05, 0) is 51.7 Å². The van der Waals surface area contributed by atoms with Crippen molar-refractivity contribution >= 4 is 23.2 Å². The monoisotopic (exact) mass is 274 g/mol. The van der Waals surface area contributed by atoms with Crippen molar-refractivity contribution in [1.29, 1.82) is 0 Å². The van der Waals surface area contributed by atoms with Crippen LogP contribution in [0.1, 0.15) is 18.9 Å². The van der Waals surface area contributed by atoms with Crippen LogP contribution in [0.3, 0.4) is 0 Å². The average molecular weight is 275 g/mol. The first-order valence-corrected chi connectivity index (χ1v) is 6.56. The number of benzene rings is 1. The second kappa shape index (κ2) is 7.22. The summed E-state index contributed by atoms with van der Waals surface area (Å²) in [6.07, 6.45) is 1.12. The maximum Gasteiger partial charge on any atom is 0.0465 e. The Morgan fingerprint density at radius 3 is 2.59 bits per heavy atom. The van der Waals surface area contributed by atoms with Gasteiger partial charge in [0.1, 0.15) is 0 Å². The van der Waals surface area contributed by atoms with E-state index in [0.717, 1.165) is 30.1 Å². The quantitative estimate of drug-likeness (QED) is 0.855. The number of rotatable bonds is 6. The third kappa shape index (κ3) is 5.73. The predicted molar refractivity (Wildman–Crippen MR) is 75.9 cm³/mol. The molecule has 0 bridgehead atoms. The number of hydrogen-bond acceptors (Lipinski definition) is 2. The molecule has 0 aromatic heterocycles. The summed E-state index contributed by atoms with van der Waals surface area (Å²) in [5.74, 6) is 0. The molecule has 0 amide bonds. The Morgan fingerprint density at radius 1 is 1.29 bits per heavy atom. The van der Waals surface area contributed by atoms with Crippen molar-refractivity contribution in [1.82, 2.24) is 10.2 Å². The molecule has 17 heavy (non-hydrogen) atoms. The highest BCUT2D eigenvalue weighted by atomic mass is 35.5. The van der Waals surface area contributed by atoms with Gasteiger partial charge in [-0.2, -0.15) is 0 Å². The Balaban J connectivity index is 2.39. The van der Waals surface area contributed by atoms with Gasteiger partial charge >= 0.3 is 0 Å². The molecule has 1 atom stereocenters. The molecule has 1 aromatic carbocycles. The summed E-state index contributed by atoms with van der Waals surface area (Å²) in [5.41, 5.74) is 1.09. The fourth-order valence-corrected chi connectivity index (χ4v) is 1.98. The van der Waals surface area contributed by atoms with Crippen molar-refractivity contribution in [2.24, 2.45) is 0 Å². The van der Waals surface area contributed by atoms with E-state index in [1.807, 2.05) is 12.1 Å². The number of halogens is 2. The molecule has 0 aliphatic heterocycles. The largest absolute Gasteiger partial charge is 0.310 e. The summed E-state index contributed by atoms with van der Waals surface area (Å²) >= 11 is 12.0. The Labute approximate surface area is 114 Å². The lowest BCUT2D eigenvalue weighted by Gasteiger charge is -2.17. The van der Waals surface area contributed by atoms with Gasteiger partial charge in [0.05, 0.1) is 0 Å². The predicted octanol–water partition coefficient (Wildman–Crippen LogP) is 3.42. The van der Waals surface area contributed by atoms with Gasteiger partial charge in [0.25, 0.3) is 0 Å². The van der Waals surface area contributed by atoms with E-state index in [4.69, 9.17) is 23.2 Å². The molecular formula is C13H20Cl2N2. The van der Waals surface area contributed by atoms with Crippen molar-refractivity contribution in [2.75, 3.05) is 20.6 Å². The zero-order valence-corrected chi connectivity index (χ0v) is 12.1. The van der Waals surface area contributed by atoms with Gasteiger partial charge in [-0.25, -0.2) is 0 Å². The van der Waals surface area contributed by atoms with E-state index >= 15 is 0 Å². The van der Waals surface area contributed by atoms with Gasteiger partial charge in [-0.1, -0.05) is 29.3 Å². The summed E-state index contributed by atoms with van der Waals surface area (Å²) in [6.45, 7) is 4.06. The van der Waals surface area contributed by atoms with Crippen LogP contribution >= 0.6 is 23.2 Å². The molecule has 4 heteroatoms. The SMILES string of the molecule is CC(CCN(C)C)NCc1ccc(Cl)cc1Cl. The molecule has 0 saturated heterocycles. The molecule has 1 unspecified atom stereocenters. The molecule has 0 aliphatic rings. The third-order valence-electron chi connectivity index (χ3n) is 2.67. The maximum atomic E-state index is 6.11. The second-order valence-corrected chi connectivity index (χ2v) is 5.45. The molecular weight excluding hydrogens is 255 g/mol. The molecule has 0 fully saturated rings. The van der Waals surface area contributed by atoms with E-state index in [1.54, 1.807) is 6.07 Å². The standard InChI is InChI=1S/C13H20Cl2N2/c1-10(6-7-17(2)3)16-9-11-4-5-12(14)8-13(11)15/h4-5,8,10,16H,6-7,9H2,1-3H3. The minimum Gasteiger partial charge on any atom is -0.310 e. The van der Waals surface area contributed by atoms with Crippen LogP contribution < -0.4 is 5.32 Å². The summed E-state index contributed by atoms with van der Waals surface area (Å²) in [7, 11) is 4.17. The number of hydrogen-bond donors (Lipinski definition) is 1. The van der Waals surface area contributed by atoms with Crippen molar-refractivity contribution in [3.05, 3.63) is 33.8 Å². The van der Waals surface area contributed by atoms with E-state index in [1.165, 1.54) is 0 Å². The van der Waals surface area contributed by atoms with Gasteiger partial charge in [0, 0.05) is 22.6 Å². The minimum absolute atomic E-state index is 0.476. The maximum absolute atomic E-state index is 6.11. The van der Waals surface area contributed by atoms with Gasteiger partial charge < -0.3 is 10.2 Å². The fraction of sp³-hybridized carbons (Fsp3) is 0.538. The van der Waals surface area contributed by atoms with Crippen molar-refractivity contribution in [2.45, 2.75) is 25.9 Å². The molecule has 0 saturated carbocycles.